The predicted molar refractivity (Wildman–Crippen MR) is 178 cm³/mol. The third-order valence-corrected chi connectivity index (χ3v) is 7.92. The molecule has 0 saturated carbocycles. The van der Waals surface area contributed by atoms with Gasteiger partial charge in [-0.3, -0.25) is 14.6 Å². The number of aliphatic imine (C=N–C) groups is 1. The van der Waals surface area contributed by atoms with Gasteiger partial charge in [0.05, 0.1) is 16.8 Å². The molecule has 2 N–H and O–H groups in total. The summed E-state index contributed by atoms with van der Waals surface area (Å²) in [6.45, 7) is 12.8. The van der Waals surface area contributed by atoms with E-state index in [4.69, 9.17) is 4.74 Å². The average Bonchev–Trinajstić information content (AvgIpc) is 3.47. The molecule has 0 fully saturated rings. The smallest absolute Gasteiger partial charge is 0.381 e. The molecule has 2 aromatic heterocycles. The van der Waals surface area contributed by atoms with E-state index < -0.39 is 12.2 Å². The van der Waals surface area contributed by atoms with Gasteiger partial charge in [0.2, 0.25) is 12.8 Å². The Labute approximate surface area is 268 Å². The second-order valence-electron chi connectivity index (χ2n) is 9.48. The van der Waals surface area contributed by atoms with Crippen LogP contribution in [0.15, 0.2) is 34.8 Å². The summed E-state index contributed by atoms with van der Waals surface area (Å²) in [6.07, 6.45) is 4.99. The molecule has 0 saturated heterocycles. The lowest BCUT2D eigenvalue weighted by Gasteiger charge is -2.20. The molecule has 2 heterocycles. The fourth-order valence-corrected chi connectivity index (χ4v) is 4.66. The average molecular weight is 661 g/mol. The molecule has 2 rings (SSSR count). The summed E-state index contributed by atoms with van der Waals surface area (Å²) in [7, 11) is 3.53. The van der Waals surface area contributed by atoms with Gasteiger partial charge in [0, 0.05) is 43.7 Å². The van der Waals surface area contributed by atoms with Gasteiger partial charge in [-0.25, -0.2) is 9.97 Å². The van der Waals surface area contributed by atoms with Crippen LogP contribution in [0.4, 0.5) is 24.1 Å². The van der Waals surface area contributed by atoms with E-state index in [1.54, 1.807) is 42.6 Å². The number of alkyl halides is 3. The topological polar surface area (TPSA) is 109 Å². The Morgan fingerprint density at radius 2 is 1.95 bits per heavy atom. The zero-order valence-corrected chi connectivity index (χ0v) is 28.5. The van der Waals surface area contributed by atoms with Crippen molar-refractivity contribution in [1.82, 2.24) is 20.2 Å². The highest BCUT2D eigenvalue weighted by molar-refractivity contribution is 8.21. The number of allylic oxidation sites excluding steroid dienone is 1. The van der Waals surface area contributed by atoms with Crippen molar-refractivity contribution in [2.45, 2.75) is 85.5 Å². The number of amides is 2. The molecule has 0 bridgehead atoms. The molecule has 2 aromatic rings. The van der Waals surface area contributed by atoms with Crippen molar-refractivity contribution in [2.75, 3.05) is 32.6 Å². The van der Waals surface area contributed by atoms with E-state index in [2.05, 4.69) is 40.2 Å². The van der Waals surface area contributed by atoms with Gasteiger partial charge in [0.15, 0.2) is 5.13 Å². The van der Waals surface area contributed by atoms with E-state index in [0.717, 1.165) is 84.3 Å². The van der Waals surface area contributed by atoms with Crippen LogP contribution in [0, 0.1) is 6.92 Å². The molecule has 0 radical (unpaired) electrons. The van der Waals surface area contributed by atoms with Crippen molar-refractivity contribution in [2.24, 2.45) is 4.99 Å². The van der Waals surface area contributed by atoms with E-state index in [9.17, 15) is 22.8 Å². The highest BCUT2D eigenvalue weighted by Gasteiger charge is 2.35. The van der Waals surface area contributed by atoms with Crippen LogP contribution in [0.3, 0.4) is 0 Å². The molecule has 44 heavy (non-hydrogen) atoms. The SMILES string of the molecule is C/C=C(/SC(C)=NC)c1csc(Nc2ccc(C)cn2)n1.CC(NC=O)C(F)(F)F.CCCCN(C=O)CC[C@@H](CC)OC. The first kappa shape index (κ1) is 41.0. The molecular weight excluding hydrogens is 613 g/mol. The Hall–Kier alpha value is -2.97. The number of halogens is 3. The molecule has 1 unspecified atom stereocenters. The van der Waals surface area contributed by atoms with Crippen molar-refractivity contribution >= 4 is 56.8 Å². The Morgan fingerprint density at radius 3 is 2.41 bits per heavy atom. The molecule has 0 aromatic carbocycles. The van der Waals surface area contributed by atoms with Gasteiger partial charge in [0.1, 0.15) is 11.9 Å². The van der Waals surface area contributed by atoms with Crippen molar-refractivity contribution in [3.05, 3.63) is 41.0 Å². The van der Waals surface area contributed by atoms with Gasteiger partial charge in [-0.15, -0.1) is 11.3 Å². The minimum Gasteiger partial charge on any atom is -0.381 e. The number of unbranched alkanes of at least 4 members (excludes halogenated alkanes) is 1. The first-order valence-corrected chi connectivity index (χ1v) is 16.0. The predicted octanol–water partition coefficient (Wildman–Crippen LogP) is 7.48. The number of carbonyl (C=O) groups is 2. The van der Waals surface area contributed by atoms with Crippen LogP contribution in [0.25, 0.3) is 4.91 Å². The summed E-state index contributed by atoms with van der Waals surface area (Å²) in [6, 6.07) is 2.23. The monoisotopic (exact) mass is 660 g/mol. The molecule has 14 heteroatoms. The number of hydrogen-bond donors (Lipinski definition) is 2. The van der Waals surface area contributed by atoms with Gasteiger partial charge >= 0.3 is 6.18 Å². The minimum absolute atomic E-state index is 0.0259. The highest BCUT2D eigenvalue weighted by Crippen LogP contribution is 2.31. The van der Waals surface area contributed by atoms with Crippen molar-refractivity contribution in [3.8, 4) is 0 Å². The van der Waals surface area contributed by atoms with Crippen LogP contribution in [0.5, 0.6) is 0 Å². The molecule has 0 spiro atoms. The van der Waals surface area contributed by atoms with Crippen molar-refractivity contribution in [1.29, 1.82) is 0 Å². The zero-order chi connectivity index (χ0) is 33.5. The van der Waals surface area contributed by atoms with E-state index in [0.29, 0.717) is 6.10 Å². The molecule has 2 amide bonds. The maximum Gasteiger partial charge on any atom is 0.408 e. The van der Waals surface area contributed by atoms with Crippen LogP contribution >= 0.6 is 23.1 Å². The summed E-state index contributed by atoms with van der Waals surface area (Å²) in [5, 5.41) is 8.71. The summed E-state index contributed by atoms with van der Waals surface area (Å²) in [5.41, 5.74) is 2.10. The van der Waals surface area contributed by atoms with Crippen LogP contribution in [-0.4, -0.2) is 78.3 Å². The maximum atomic E-state index is 11.4. The lowest BCUT2D eigenvalue weighted by atomic mass is 10.2. The van der Waals surface area contributed by atoms with E-state index in [-0.39, 0.29) is 6.41 Å². The summed E-state index contributed by atoms with van der Waals surface area (Å²) in [5.74, 6) is 0.808. The van der Waals surface area contributed by atoms with Crippen LogP contribution < -0.4 is 10.6 Å². The normalized spacial score (nSPS) is 13.0. The van der Waals surface area contributed by atoms with Crippen LogP contribution in [-0.2, 0) is 14.3 Å². The number of aryl methyl sites for hydroxylation is 1. The molecule has 2 atom stereocenters. The lowest BCUT2D eigenvalue weighted by molar-refractivity contribution is -0.154. The van der Waals surface area contributed by atoms with Gasteiger partial charge in [0.25, 0.3) is 0 Å². The van der Waals surface area contributed by atoms with Crippen LogP contribution in [0.2, 0.25) is 0 Å². The number of rotatable bonds is 15. The molecule has 0 aliphatic heterocycles. The van der Waals surface area contributed by atoms with Crippen LogP contribution in [0.1, 0.15) is 71.6 Å². The minimum atomic E-state index is -4.33. The number of pyridine rings is 1. The zero-order valence-electron chi connectivity index (χ0n) is 26.9. The quantitative estimate of drug-likeness (QED) is 0.116. The third-order valence-electron chi connectivity index (χ3n) is 6.02. The summed E-state index contributed by atoms with van der Waals surface area (Å²) >= 11 is 3.20. The Balaban J connectivity index is 0.000000696. The standard InChI is InChI=1S/C15H18N4S2.C11H23NO2.C4H6F3NO/c1-5-13(21-11(3)16-4)12-9-20-15(18-12)19-14-7-6-10(2)8-17-14;1-4-6-8-12(10-13)9-7-11(5-2)14-3;1-3(8-2-9)4(5,6)7/h5-9H,1-4H3,(H,17,18,19);10-11H,4-9H2,1-3H3;2-3H,1H3,(H,8,9)/b13-5+,16-11?;;/t;11-;/m.1./s1. The number of nitrogens with one attached hydrogen (secondary N) is 2. The molecule has 9 nitrogen and oxygen atoms in total. The third kappa shape index (κ3) is 18.0. The number of carbonyl (C=O) groups excluding carboxylic acids is 2. The summed E-state index contributed by atoms with van der Waals surface area (Å²) < 4.78 is 39.5. The fourth-order valence-electron chi connectivity index (χ4n) is 3.13. The number of thioether (sulfide) groups is 1. The first-order valence-electron chi connectivity index (χ1n) is 14.3. The molecular formula is C30H47F3N6O3S2. The fraction of sp³-hybridized carbons (Fsp3) is 0.567. The van der Waals surface area contributed by atoms with Gasteiger partial charge in [-0.2, -0.15) is 13.2 Å². The number of nitrogens with zero attached hydrogens (tertiary/aromatic N) is 4. The van der Waals surface area contributed by atoms with Gasteiger partial charge < -0.3 is 20.3 Å². The number of thiazole rings is 1. The maximum absolute atomic E-state index is 11.4. The summed E-state index contributed by atoms with van der Waals surface area (Å²) in [4.78, 5) is 36.2. The molecule has 248 valence electrons. The van der Waals surface area contributed by atoms with Gasteiger partial charge in [-0.1, -0.05) is 44.2 Å². The first-order chi connectivity index (χ1) is 20.9. The number of aromatic nitrogens is 2. The Morgan fingerprint density at radius 1 is 1.25 bits per heavy atom. The number of anilines is 2. The Kier molecular flexibility index (Phi) is 21.8. The molecule has 0 aliphatic rings. The van der Waals surface area contributed by atoms with E-state index >= 15 is 0 Å². The van der Waals surface area contributed by atoms with Crippen molar-refractivity contribution in [3.63, 3.8) is 0 Å². The van der Waals surface area contributed by atoms with Gasteiger partial charge in [-0.05, 0) is 58.6 Å². The second-order valence-corrected chi connectivity index (χ2v) is 11.6. The number of methoxy groups -OCH3 is 1. The van der Waals surface area contributed by atoms with E-state index in [1.165, 1.54) is 0 Å². The highest BCUT2D eigenvalue weighted by atomic mass is 32.2. The Bertz CT molecular complexity index is 1120. The number of ether oxygens (including phenoxy) is 1. The lowest BCUT2D eigenvalue weighted by Crippen LogP contribution is -2.38. The largest absolute Gasteiger partial charge is 0.408 e. The second kappa shape index (κ2) is 23.4. The van der Waals surface area contributed by atoms with Crippen molar-refractivity contribution < 1.29 is 27.5 Å². The molecule has 0 aliphatic carbocycles. The van der Waals surface area contributed by atoms with E-state index in [1.807, 2.05) is 49.4 Å². The number of hydrogen-bond acceptors (Lipinski definition) is 9.